The molecule has 3 nitrogen and oxygen atoms in total. The van der Waals surface area contributed by atoms with Crippen LogP contribution in [0, 0.1) is 0 Å². The Kier molecular flexibility index (Phi) is 1.37. The Morgan fingerprint density at radius 2 is 2.27 bits per heavy atom. The molecule has 1 unspecified atom stereocenters. The van der Waals surface area contributed by atoms with Gasteiger partial charge in [0.1, 0.15) is 10.8 Å². The highest BCUT2D eigenvalue weighted by Crippen LogP contribution is 2.36. The standard InChI is InChI=1S/C7H7ClN2O/c1-7(4-11-7)5-2-10-6(8)3-9-5/h2-3H,4H2,1H3. The van der Waals surface area contributed by atoms with Gasteiger partial charge in [-0.25, -0.2) is 4.98 Å². The first kappa shape index (κ1) is 7.00. The fourth-order valence-corrected chi connectivity index (χ4v) is 0.939. The molecule has 0 aromatic carbocycles. The normalized spacial score (nSPS) is 28.5. The first-order chi connectivity index (χ1) is 5.21. The zero-order valence-corrected chi connectivity index (χ0v) is 6.80. The van der Waals surface area contributed by atoms with Gasteiger partial charge in [-0.15, -0.1) is 0 Å². The molecule has 1 aliphatic heterocycles. The van der Waals surface area contributed by atoms with Crippen LogP contribution < -0.4 is 0 Å². The van der Waals surface area contributed by atoms with Crippen LogP contribution in [0.5, 0.6) is 0 Å². The van der Waals surface area contributed by atoms with E-state index in [-0.39, 0.29) is 5.60 Å². The summed E-state index contributed by atoms with van der Waals surface area (Å²) in [5.41, 5.74) is 0.652. The molecule has 2 rings (SSSR count). The van der Waals surface area contributed by atoms with Crippen LogP contribution >= 0.6 is 11.6 Å². The van der Waals surface area contributed by atoms with E-state index < -0.39 is 0 Å². The monoisotopic (exact) mass is 170 g/mol. The van der Waals surface area contributed by atoms with Crippen LogP contribution in [0.15, 0.2) is 12.4 Å². The van der Waals surface area contributed by atoms with Crippen molar-refractivity contribution in [1.29, 1.82) is 0 Å². The summed E-state index contributed by atoms with van der Waals surface area (Å²) in [5.74, 6) is 0. The van der Waals surface area contributed by atoms with Crippen molar-refractivity contribution in [2.24, 2.45) is 0 Å². The third-order valence-electron chi connectivity index (χ3n) is 1.74. The molecule has 0 saturated carbocycles. The molecule has 1 aliphatic rings. The van der Waals surface area contributed by atoms with E-state index in [2.05, 4.69) is 9.97 Å². The molecular weight excluding hydrogens is 164 g/mol. The van der Waals surface area contributed by atoms with E-state index in [4.69, 9.17) is 16.3 Å². The molecule has 0 N–H and O–H groups in total. The number of rotatable bonds is 1. The predicted octanol–water partition coefficient (Wildman–Crippen LogP) is 1.38. The highest BCUT2D eigenvalue weighted by molar-refractivity contribution is 6.29. The minimum Gasteiger partial charge on any atom is -0.363 e. The van der Waals surface area contributed by atoms with Crippen molar-refractivity contribution in [3.63, 3.8) is 0 Å². The zero-order valence-electron chi connectivity index (χ0n) is 6.04. The molecule has 11 heavy (non-hydrogen) atoms. The lowest BCUT2D eigenvalue weighted by molar-refractivity contribution is 0.323. The summed E-state index contributed by atoms with van der Waals surface area (Å²) >= 11 is 5.57. The molecule has 0 radical (unpaired) electrons. The Balaban J connectivity index is 2.33. The molecule has 2 heterocycles. The minimum atomic E-state index is -0.197. The summed E-state index contributed by atoms with van der Waals surface area (Å²) in [7, 11) is 0. The molecule has 1 saturated heterocycles. The van der Waals surface area contributed by atoms with Gasteiger partial charge in [-0.05, 0) is 6.92 Å². The number of ether oxygens (including phenoxy) is 1. The van der Waals surface area contributed by atoms with Crippen molar-refractivity contribution >= 4 is 11.6 Å². The van der Waals surface area contributed by atoms with Crippen LogP contribution in [0.3, 0.4) is 0 Å². The van der Waals surface area contributed by atoms with Crippen LogP contribution in [0.4, 0.5) is 0 Å². The van der Waals surface area contributed by atoms with E-state index in [0.717, 1.165) is 12.3 Å². The predicted molar refractivity (Wildman–Crippen MR) is 40.3 cm³/mol. The van der Waals surface area contributed by atoms with E-state index in [0.29, 0.717) is 5.15 Å². The van der Waals surface area contributed by atoms with E-state index in [1.807, 2.05) is 6.92 Å². The van der Waals surface area contributed by atoms with Crippen LogP contribution in [0.25, 0.3) is 0 Å². The molecule has 1 aromatic heterocycles. The zero-order chi connectivity index (χ0) is 7.90. The smallest absolute Gasteiger partial charge is 0.147 e. The molecule has 1 atom stereocenters. The molecule has 0 spiro atoms. The third-order valence-corrected chi connectivity index (χ3v) is 1.93. The number of hydrogen-bond acceptors (Lipinski definition) is 3. The van der Waals surface area contributed by atoms with E-state index in [9.17, 15) is 0 Å². The summed E-state index contributed by atoms with van der Waals surface area (Å²) in [5, 5.41) is 0.415. The van der Waals surface area contributed by atoms with Gasteiger partial charge in [0.05, 0.1) is 24.7 Å². The maximum absolute atomic E-state index is 5.57. The topological polar surface area (TPSA) is 38.3 Å². The lowest BCUT2D eigenvalue weighted by Crippen LogP contribution is -2.05. The van der Waals surface area contributed by atoms with Crippen LogP contribution in [0.2, 0.25) is 5.15 Å². The largest absolute Gasteiger partial charge is 0.363 e. The average Bonchev–Trinajstić information content (AvgIpc) is 2.70. The summed E-state index contributed by atoms with van der Waals surface area (Å²) < 4.78 is 5.18. The first-order valence-corrected chi connectivity index (χ1v) is 3.70. The van der Waals surface area contributed by atoms with Gasteiger partial charge in [0.25, 0.3) is 0 Å². The Bertz CT molecular complexity index is 268. The average molecular weight is 171 g/mol. The summed E-state index contributed by atoms with van der Waals surface area (Å²) in [6.07, 6.45) is 3.18. The molecule has 0 bridgehead atoms. The van der Waals surface area contributed by atoms with Crippen molar-refractivity contribution in [2.75, 3.05) is 6.61 Å². The van der Waals surface area contributed by atoms with Crippen LogP contribution in [0.1, 0.15) is 12.6 Å². The highest BCUT2D eigenvalue weighted by atomic mass is 35.5. The molecule has 1 aromatic rings. The Hall–Kier alpha value is -0.670. The van der Waals surface area contributed by atoms with E-state index >= 15 is 0 Å². The number of hydrogen-bond donors (Lipinski definition) is 0. The fraction of sp³-hybridized carbons (Fsp3) is 0.429. The lowest BCUT2D eigenvalue weighted by atomic mass is 10.1. The molecule has 0 aliphatic carbocycles. The second-order valence-corrected chi connectivity index (χ2v) is 3.13. The van der Waals surface area contributed by atoms with Gasteiger partial charge in [0.15, 0.2) is 0 Å². The molecule has 58 valence electrons. The maximum atomic E-state index is 5.57. The Morgan fingerprint density at radius 1 is 1.55 bits per heavy atom. The van der Waals surface area contributed by atoms with Crippen LogP contribution in [-0.4, -0.2) is 16.6 Å². The van der Waals surface area contributed by atoms with E-state index in [1.165, 1.54) is 6.20 Å². The van der Waals surface area contributed by atoms with Crippen molar-refractivity contribution in [3.8, 4) is 0 Å². The molecule has 4 heteroatoms. The number of epoxide rings is 1. The lowest BCUT2D eigenvalue weighted by Gasteiger charge is -2.01. The number of nitrogens with zero attached hydrogens (tertiary/aromatic N) is 2. The quantitative estimate of drug-likeness (QED) is 0.598. The van der Waals surface area contributed by atoms with Crippen molar-refractivity contribution in [1.82, 2.24) is 9.97 Å². The number of halogens is 1. The molecule has 0 amide bonds. The Labute approximate surface area is 69.4 Å². The first-order valence-electron chi connectivity index (χ1n) is 3.33. The van der Waals surface area contributed by atoms with Crippen molar-refractivity contribution in [3.05, 3.63) is 23.2 Å². The Morgan fingerprint density at radius 3 is 2.73 bits per heavy atom. The van der Waals surface area contributed by atoms with Crippen molar-refractivity contribution < 1.29 is 4.74 Å². The summed E-state index contributed by atoms with van der Waals surface area (Å²) in [6.45, 7) is 2.70. The van der Waals surface area contributed by atoms with Gasteiger partial charge < -0.3 is 4.74 Å². The van der Waals surface area contributed by atoms with Gasteiger partial charge in [-0.3, -0.25) is 4.98 Å². The third kappa shape index (κ3) is 1.21. The fourth-order valence-electron chi connectivity index (χ4n) is 0.842. The number of aromatic nitrogens is 2. The highest BCUT2D eigenvalue weighted by Gasteiger charge is 2.42. The van der Waals surface area contributed by atoms with Gasteiger partial charge >= 0.3 is 0 Å². The van der Waals surface area contributed by atoms with E-state index in [1.54, 1.807) is 6.20 Å². The minimum absolute atomic E-state index is 0.197. The van der Waals surface area contributed by atoms with Gasteiger partial charge in [-0.2, -0.15) is 0 Å². The second kappa shape index (κ2) is 2.16. The maximum Gasteiger partial charge on any atom is 0.147 e. The SMILES string of the molecule is CC1(c2cnc(Cl)cn2)CO1. The molecule has 1 fully saturated rings. The second-order valence-electron chi connectivity index (χ2n) is 2.74. The van der Waals surface area contributed by atoms with Gasteiger partial charge in [-0.1, -0.05) is 11.6 Å². The van der Waals surface area contributed by atoms with Crippen LogP contribution in [-0.2, 0) is 10.3 Å². The molecular formula is C7H7ClN2O. The van der Waals surface area contributed by atoms with Gasteiger partial charge in [0.2, 0.25) is 0 Å². The van der Waals surface area contributed by atoms with Gasteiger partial charge in [0, 0.05) is 0 Å². The summed E-state index contributed by atoms with van der Waals surface area (Å²) in [4.78, 5) is 8.00. The summed E-state index contributed by atoms with van der Waals surface area (Å²) in [6, 6.07) is 0. The van der Waals surface area contributed by atoms with Crippen molar-refractivity contribution in [2.45, 2.75) is 12.5 Å².